The van der Waals surface area contributed by atoms with Gasteiger partial charge in [0.15, 0.2) is 0 Å². The van der Waals surface area contributed by atoms with Crippen molar-refractivity contribution < 1.29 is 4.74 Å². The van der Waals surface area contributed by atoms with Crippen LogP contribution in [0.2, 0.25) is 0 Å². The van der Waals surface area contributed by atoms with Gasteiger partial charge in [-0.2, -0.15) is 0 Å². The maximum absolute atomic E-state index is 5.86. The summed E-state index contributed by atoms with van der Waals surface area (Å²) in [6, 6.07) is 2.08. The Bertz CT molecular complexity index is 342. The molecule has 1 heterocycles. The van der Waals surface area contributed by atoms with E-state index in [1.807, 2.05) is 0 Å². The Hall–Kier alpha value is 0.100. The first-order valence-electron chi connectivity index (χ1n) is 6.31. The van der Waals surface area contributed by atoms with Gasteiger partial charge in [-0.1, -0.05) is 12.8 Å². The average molecular weight is 318 g/mol. The van der Waals surface area contributed by atoms with Gasteiger partial charge in [-0.3, -0.25) is 0 Å². The lowest BCUT2D eigenvalue weighted by Crippen LogP contribution is -2.29. The highest BCUT2D eigenvalue weighted by atomic mass is 79.9. The molecule has 1 fully saturated rings. The molecule has 4 heteroatoms. The van der Waals surface area contributed by atoms with Crippen LogP contribution in [0.1, 0.15) is 30.6 Å². The first-order valence-corrected chi connectivity index (χ1v) is 7.98. The number of hydrogen-bond donors (Lipinski definition) is 1. The number of hydrogen-bond acceptors (Lipinski definition) is 3. The molecule has 2 N–H and O–H groups in total. The van der Waals surface area contributed by atoms with Crippen LogP contribution in [0.3, 0.4) is 0 Å². The molecule has 2 rings (SSSR count). The summed E-state index contributed by atoms with van der Waals surface area (Å²) in [5, 5.41) is 2.09. The monoisotopic (exact) mass is 317 g/mol. The van der Waals surface area contributed by atoms with E-state index >= 15 is 0 Å². The smallest absolute Gasteiger partial charge is 0.0820 e. The second kappa shape index (κ2) is 6.88. The molecule has 0 amide bonds. The molecule has 2 unspecified atom stereocenters. The van der Waals surface area contributed by atoms with Gasteiger partial charge in [0.1, 0.15) is 0 Å². The summed E-state index contributed by atoms with van der Waals surface area (Å²) in [5.74, 6) is 1.35. The predicted octanol–water partition coefficient (Wildman–Crippen LogP) is 3.79. The molecular formula is C13H20BrNOS. The summed E-state index contributed by atoms with van der Waals surface area (Å²) in [4.78, 5) is 1.28. The van der Waals surface area contributed by atoms with Crippen molar-refractivity contribution in [2.24, 2.45) is 17.6 Å². The number of rotatable bonds is 5. The molecule has 0 bridgehead atoms. The molecule has 2 nitrogen and oxygen atoms in total. The molecular weight excluding hydrogens is 298 g/mol. The Balaban J connectivity index is 1.75. The van der Waals surface area contributed by atoms with Crippen LogP contribution >= 0.6 is 27.3 Å². The lowest BCUT2D eigenvalue weighted by Gasteiger charge is -2.30. The van der Waals surface area contributed by atoms with Gasteiger partial charge in [0.05, 0.1) is 13.2 Å². The van der Waals surface area contributed by atoms with Crippen LogP contribution in [0, 0.1) is 11.8 Å². The molecule has 17 heavy (non-hydrogen) atoms. The molecule has 1 aliphatic carbocycles. The molecule has 1 saturated carbocycles. The third-order valence-electron chi connectivity index (χ3n) is 3.63. The standard InChI is InChI=1S/C13H20BrNOS/c14-12-5-6-17-13(12)9-16-8-11-4-2-1-3-10(11)7-15/h5-6,10-11H,1-4,7-9,15H2. The van der Waals surface area contributed by atoms with Crippen LogP contribution in [-0.2, 0) is 11.3 Å². The molecule has 2 atom stereocenters. The van der Waals surface area contributed by atoms with Gasteiger partial charge in [0.25, 0.3) is 0 Å². The van der Waals surface area contributed by atoms with Crippen molar-refractivity contribution in [2.45, 2.75) is 32.3 Å². The molecule has 96 valence electrons. The van der Waals surface area contributed by atoms with Crippen LogP contribution in [-0.4, -0.2) is 13.2 Å². The summed E-state index contributed by atoms with van der Waals surface area (Å²) in [6.45, 7) is 2.41. The Morgan fingerprint density at radius 3 is 2.76 bits per heavy atom. The summed E-state index contributed by atoms with van der Waals surface area (Å²) >= 11 is 5.27. The number of thiophene rings is 1. The van der Waals surface area contributed by atoms with E-state index in [0.29, 0.717) is 11.8 Å². The molecule has 1 aromatic heterocycles. The average Bonchev–Trinajstić information content (AvgIpc) is 2.76. The molecule has 0 aliphatic heterocycles. The van der Waals surface area contributed by atoms with Crippen LogP contribution < -0.4 is 5.73 Å². The third kappa shape index (κ3) is 3.78. The molecule has 0 aromatic carbocycles. The summed E-state index contributed by atoms with van der Waals surface area (Å²) in [7, 11) is 0. The first-order chi connectivity index (χ1) is 8.31. The Labute approximate surface area is 116 Å². The zero-order valence-corrected chi connectivity index (χ0v) is 12.4. The van der Waals surface area contributed by atoms with Gasteiger partial charge < -0.3 is 10.5 Å². The first kappa shape index (κ1) is 13.5. The van der Waals surface area contributed by atoms with Crippen LogP contribution in [0.25, 0.3) is 0 Å². The minimum atomic E-state index is 0.674. The van der Waals surface area contributed by atoms with Gasteiger partial charge in [0.2, 0.25) is 0 Å². The molecule has 0 saturated heterocycles. The number of nitrogens with two attached hydrogens (primary N) is 1. The van der Waals surface area contributed by atoms with Crippen molar-refractivity contribution in [1.29, 1.82) is 0 Å². The van der Waals surface area contributed by atoms with E-state index in [0.717, 1.165) is 19.8 Å². The van der Waals surface area contributed by atoms with E-state index in [-0.39, 0.29) is 0 Å². The van der Waals surface area contributed by atoms with Crippen molar-refractivity contribution in [1.82, 2.24) is 0 Å². The number of halogens is 1. The quantitative estimate of drug-likeness (QED) is 0.896. The van der Waals surface area contributed by atoms with Crippen molar-refractivity contribution in [3.63, 3.8) is 0 Å². The van der Waals surface area contributed by atoms with Gasteiger partial charge in [0, 0.05) is 9.35 Å². The predicted molar refractivity (Wildman–Crippen MR) is 76.2 cm³/mol. The summed E-state index contributed by atoms with van der Waals surface area (Å²) < 4.78 is 7.02. The summed E-state index contributed by atoms with van der Waals surface area (Å²) in [5.41, 5.74) is 5.82. The fourth-order valence-electron chi connectivity index (χ4n) is 2.55. The van der Waals surface area contributed by atoms with Crippen molar-refractivity contribution in [3.8, 4) is 0 Å². The molecule has 1 aliphatic rings. The second-order valence-corrected chi connectivity index (χ2v) is 6.60. The summed E-state index contributed by atoms with van der Waals surface area (Å²) in [6.07, 6.45) is 5.25. The van der Waals surface area contributed by atoms with Gasteiger partial charge in [-0.15, -0.1) is 11.3 Å². The van der Waals surface area contributed by atoms with Crippen molar-refractivity contribution >= 4 is 27.3 Å². The van der Waals surface area contributed by atoms with Crippen LogP contribution in [0.4, 0.5) is 0 Å². The largest absolute Gasteiger partial charge is 0.376 e. The Morgan fingerprint density at radius 2 is 2.12 bits per heavy atom. The lowest BCUT2D eigenvalue weighted by atomic mass is 9.80. The van der Waals surface area contributed by atoms with Crippen molar-refractivity contribution in [2.75, 3.05) is 13.2 Å². The number of ether oxygens (including phenoxy) is 1. The highest BCUT2D eigenvalue weighted by Crippen LogP contribution is 2.30. The van der Waals surface area contributed by atoms with Gasteiger partial charge >= 0.3 is 0 Å². The highest BCUT2D eigenvalue weighted by Gasteiger charge is 2.23. The van der Waals surface area contributed by atoms with E-state index in [9.17, 15) is 0 Å². The minimum Gasteiger partial charge on any atom is -0.376 e. The Kier molecular flexibility index (Phi) is 5.48. The second-order valence-electron chi connectivity index (χ2n) is 4.75. The van der Waals surface area contributed by atoms with E-state index in [1.54, 1.807) is 11.3 Å². The van der Waals surface area contributed by atoms with E-state index in [4.69, 9.17) is 10.5 Å². The molecule has 1 aromatic rings. The minimum absolute atomic E-state index is 0.674. The topological polar surface area (TPSA) is 35.2 Å². The third-order valence-corrected chi connectivity index (χ3v) is 5.53. The maximum Gasteiger partial charge on any atom is 0.0820 e. The fourth-order valence-corrected chi connectivity index (χ4v) is 3.95. The molecule has 0 spiro atoms. The van der Waals surface area contributed by atoms with Gasteiger partial charge in [-0.25, -0.2) is 0 Å². The zero-order chi connectivity index (χ0) is 12.1. The molecule has 0 radical (unpaired) electrons. The Morgan fingerprint density at radius 1 is 1.35 bits per heavy atom. The van der Waals surface area contributed by atoms with Crippen molar-refractivity contribution in [3.05, 3.63) is 20.8 Å². The van der Waals surface area contributed by atoms with E-state index < -0.39 is 0 Å². The van der Waals surface area contributed by atoms with Gasteiger partial charge in [-0.05, 0) is 58.6 Å². The van der Waals surface area contributed by atoms with E-state index in [1.165, 1.54) is 35.0 Å². The van der Waals surface area contributed by atoms with Crippen LogP contribution in [0.5, 0.6) is 0 Å². The normalized spacial score (nSPS) is 25.1. The zero-order valence-electron chi connectivity index (χ0n) is 10.0. The highest BCUT2D eigenvalue weighted by molar-refractivity contribution is 9.10. The van der Waals surface area contributed by atoms with Crippen LogP contribution in [0.15, 0.2) is 15.9 Å². The SMILES string of the molecule is NCC1CCCCC1COCc1sccc1Br. The fraction of sp³-hybridized carbons (Fsp3) is 0.692. The maximum atomic E-state index is 5.86. The van der Waals surface area contributed by atoms with E-state index in [2.05, 4.69) is 27.4 Å². The lowest BCUT2D eigenvalue weighted by molar-refractivity contribution is 0.0523.